The summed E-state index contributed by atoms with van der Waals surface area (Å²) in [5.41, 5.74) is 1.17. The summed E-state index contributed by atoms with van der Waals surface area (Å²) in [6.45, 7) is 8.13. The van der Waals surface area contributed by atoms with E-state index in [9.17, 15) is 4.79 Å². The van der Waals surface area contributed by atoms with E-state index in [0.717, 1.165) is 18.7 Å². The Bertz CT molecular complexity index is 508. The van der Waals surface area contributed by atoms with Crippen molar-refractivity contribution >= 4 is 53.3 Å². The Labute approximate surface area is 181 Å². The fourth-order valence-electron chi connectivity index (χ4n) is 1.77. The molecule has 7 nitrogen and oxygen atoms in total. The molecule has 0 aliphatic carbocycles. The van der Waals surface area contributed by atoms with Gasteiger partial charge in [0.1, 0.15) is 12.4 Å². The van der Waals surface area contributed by atoms with Crippen LogP contribution in [0.3, 0.4) is 0 Å². The minimum atomic E-state index is -0.00242. The zero-order valence-corrected chi connectivity index (χ0v) is 21.0. The molecule has 0 saturated carbocycles. The number of carbonyl (C=O) groups is 2. The van der Waals surface area contributed by atoms with E-state index in [-0.39, 0.29) is 11.9 Å². The molecular formula is C17H34N3O4P3S. The molecule has 0 saturated heterocycles. The van der Waals surface area contributed by atoms with E-state index in [0.29, 0.717) is 24.9 Å². The van der Waals surface area contributed by atoms with E-state index in [1.54, 1.807) is 9.47 Å². The first kappa shape index (κ1) is 29.7. The standard InChI is InChI=1S/C13H23N3O2P2.C3H8S.CH3O2P/c1-10(16-13(17)9-15-20)8-11-2-4-12(5-3-11)18-7-6-14-19;1-3(2)4;2-1-3-4/h2-5,10,14-15H,6-9,19-20H2,1H3,(H,16,17);3-4H,1-2H3;1H,4H2. The Morgan fingerprint density at radius 2 is 1.71 bits per heavy atom. The monoisotopic (exact) mass is 469 g/mol. The number of amides is 1. The third kappa shape index (κ3) is 21.8. The van der Waals surface area contributed by atoms with Crippen LogP contribution >= 0.6 is 40.9 Å². The summed E-state index contributed by atoms with van der Waals surface area (Å²) >= 11 is 3.97. The van der Waals surface area contributed by atoms with Crippen molar-refractivity contribution in [3.63, 3.8) is 0 Å². The first-order chi connectivity index (χ1) is 13.3. The van der Waals surface area contributed by atoms with Crippen molar-refractivity contribution in [1.82, 2.24) is 15.5 Å². The minimum absolute atomic E-state index is 0.00242. The van der Waals surface area contributed by atoms with Crippen LogP contribution in [0.5, 0.6) is 5.75 Å². The van der Waals surface area contributed by atoms with Crippen molar-refractivity contribution in [3.8, 4) is 5.75 Å². The summed E-state index contributed by atoms with van der Waals surface area (Å²) in [4.78, 5) is 20.4. The Balaban J connectivity index is 0. The quantitative estimate of drug-likeness (QED) is 0.182. The second-order valence-corrected chi connectivity index (χ2v) is 7.95. The summed E-state index contributed by atoms with van der Waals surface area (Å²) in [7, 11) is 6.54. The molecule has 0 radical (unpaired) electrons. The summed E-state index contributed by atoms with van der Waals surface area (Å²) < 4.78 is 9.32. The lowest BCUT2D eigenvalue weighted by atomic mass is 10.1. The van der Waals surface area contributed by atoms with E-state index in [1.165, 1.54) is 5.56 Å². The van der Waals surface area contributed by atoms with Crippen LogP contribution in [-0.4, -0.2) is 43.4 Å². The van der Waals surface area contributed by atoms with Crippen LogP contribution in [0.2, 0.25) is 0 Å². The van der Waals surface area contributed by atoms with E-state index in [4.69, 9.17) is 9.53 Å². The van der Waals surface area contributed by atoms with Gasteiger partial charge in [-0.1, -0.05) is 44.8 Å². The van der Waals surface area contributed by atoms with Gasteiger partial charge in [0.2, 0.25) is 5.91 Å². The number of ether oxygens (including phenoxy) is 1. The summed E-state index contributed by atoms with van der Waals surface area (Å²) in [6, 6.07) is 8.07. The van der Waals surface area contributed by atoms with Crippen molar-refractivity contribution in [3.05, 3.63) is 29.8 Å². The van der Waals surface area contributed by atoms with Gasteiger partial charge in [0.05, 0.1) is 16.0 Å². The van der Waals surface area contributed by atoms with Gasteiger partial charge in [0.25, 0.3) is 6.47 Å². The smallest absolute Gasteiger partial charge is 0.295 e. The Morgan fingerprint density at radius 3 is 2.14 bits per heavy atom. The Morgan fingerprint density at radius 1 is 1.18 bits per heavy atom. The van der Waals surface area contributed by atoms with Crippen molar-refractivity contribution in [2.24, 2.45) is 0 Å². The number of nitrogens with one attached hydrogen (secondary N) is 3. The Hall–Kier alpha value is -0.480. The number of carbonyl (C=O) groups excluding carboxylic acids is 2. The van der Waals surface area contributed by atoms with Crippen LogP contribution in [0, 0.1) is 0 Å². The van der Waals surface area contributed by atoms with Gasteiger partial charge < -0.3 is 14.6 Å². The molecule has 0 aliphatic heterocycles. The van der Waals surface area contributed by atoms with E-state index in [2.05, 4.69) is 51.4 Å². The van der Waals surface area contributed by atoms with Gasteiger partial charge in [-0.2, -0.15) is 12.6 Å². The normalized spacial score (nSPS) is 10.6. The molecule has 4 unspecified atom stereocenters. The molecule has 3 N–H and O–H groups in total. The largest absolute Gasteiger partial charge is 0.492 e. The average molecular weight is 469 g/mol. The summed E-state index contributed by atoms with van der Waals surface area (Å²) in [5.74, 6) is 0.857. The van der Waals surface area contributed by atoms with Gasteiger partial charge in [-0.25, -0.2) is 0 Å². The fourth-order valence-corrected chi connectivity index (χ4v) is 2.08. The highest BCUT2D eigenvalue weighted by Gasteiger charge is 2.07. The molecule has 1 aromatic rings. The van der Waals surface area contributed by atoms with Gasteiger partial charge in [0, 0.05) is 12.6 Å². The molecule has 162 valence electrons. The summed E-state index contributed by atoms with van der Waals surface area (Å²) in [5, 5.41) is 9.16. The van der Waals surface area contributed by atoms with Gasteiger partial charge in [-0.15, -0.1) is 0 Å². The molecule has 0 aliphatic rings. The van der Waals surface area contributed by atoms with Crippen molar-refractivity contribution in [2.75, 3.05) is 19.7 Å². The third-order valence-corrected chi connectivity index (χ3v) is 3.31. The molecule has 28 heavy (non-hydrogen) atoms. The average Bonchev–Trinajstić information content (AvgIpc) is 2.63. The second kappa shape index (κ2) is 21.2. The van der Waals surface area contributed by atoms with E-state index in [1.807, 2.05) is 45.0 Å². The molecular weight excluding hydrogens is 435 g/mol. The number of benzene rings is 1. The molecule has 0 fully saturated rings. The Kier molecular flexibility index (Phi) is 22.5. The van der Waals surface area contributed by atoms with Crippen molar-refractivity contribution in [2.45, 2.75) is 38.5 Å². The SMILES string of the molecule is CC(C)S.CC(Cc1ccc(OCCNP)cc1)NC(=O)CNP.O=COP. The third-order valence-electron chi connectivity index (χ3n) is 2.71. The van der Waals surface area contributed by atoms with Gasteiger partial charge in [0.15, 0.2) is 0 Å². The molecule has 1 aromatic carbocycles. The van der Waals surface area contributed by atoms with Crippen LogP contribution in [0.15, 0.2) is 24.3 Å². The van der Waals surface area contributed by atoms with Crippen molar-refractivity contribution < 1.29 is 18.8 Å². The van der Waals surface area contributed by atoms with Crippen LogP contribution in [-0.2, 0) is 20.5 Å². The number of hydrogen-bond acceptors (Lipinski definition) is 7. The zero-order chi connectivity index (χ0) is 21.8. The minimum Gasteiger partial charge on any atom is -0.492 e. The predicted octanol–water partition coefficient (Wildman–Crippen LogP) is 2.15. The highest BCUT2D eigenvalue weighted by Crippen LogP contribution is 2.13. The van der Waals surface area contributed by atoms with Crippen LogP contribution in [0.4, 0.5) is 0 Å². The molecule has 0 spiro atoms. The van der Waals surface area contributed by atoms with Crippen LogP contribution < -0.4 is 20.2 Å². The first-order valence-electron chi connectivity index (χ1n) is 8.65. The lowest BCUT2D eigenvalue weighted by molar-refractivity contribution is -0.121. The molecule has 0 bridgehead atoms. The lowest BCUT2D eigenvalue weighted by Gasteiger charge is -2.14. The van der Waals surface area contributed by atoms with Crippen LogP contribution in [0.25, 0.3) is 0 Å². The molecule has 1 amide bonds. The lowest BCUT2D eigenvalue weighted by Crippen LogP contribution is -2.38. The topological polar surface area (TPSA) is 88.7 Å². The number of thiol groups is 1. The highest BCUT2D eigenvalue weighted by atomic mass is 32.1. The fraction of sp³-hybridized carbons (Fsp3) is 0.529. The molecule has 0 heterocycles. The molecule has 4 atom stereocenters. The first-order valence-corrected chi connectivity index (χ1v) is 10.8. The van der Waals surface area contributed by atoms with Crippen molar-refractivity contribution in [1.29, 1.82) is 0 Å². The van der Waals surface area contributed by atoms with Gasteiger partial charge in [-0.05, 0) is 36.3 Å². The van der Waals surface area contributed by atoms with E-state index < -0.39 is 0 Å². The predicted molar refractivity (Wildman–Crippen MR) is 130 cm³/mol. The van der Waals surface area contributed by atoms with E-state index >= 15 is 0 Å². The number of hydrogen-bond donors (Lipinski definition) is 4. The molecule has 11 heteroatoms. The summed E-state index contributed by atoms with van der Waals surface area (Å²) in [6.07, 6.45) is 0.802. The maximum Gasteiger partial charge on any atom is 0.295 e. The zero-order valence-electron chi connectivity index (χ0n) is 16.7. The molecule has 1 rings (SSSR count). The van der Waals surface area contributed by atoms with Gasteiger partial charge >= 0.3 is 0 Å². The second-order valence-electron chi connectivity index (χ2n) is 5.83. The molecule has 0 aromatic heterocycles. The van der Waals surface area contributed by atoms with Crippen LogP contribution in [0.1, 0.15) is 26.3 Å². The maximum absolute atomic E-state index is 11.4. The van der Waals surface area contributed by atoms with Gasteiger partial charge in [-0.3, -0.25) is 19.8 Å². The number of rotatable bonds is 10. The maximum atomic E-state index is 11.4. The highest BCUT2D eigenvalue weighted by molar-refractivity contribution is 7.80.